The summed E-state index contributed by atoms with van der Waals surface area (Å²) in [6, 6.07) is 1.92. The van der Waals surface area contributed by atoms with Gasteiger partial charge in [0.05, 0.1) is 15.5 Å². The highest BCUT2D eigenvalue weighted by Gasteiger charge is 2.29. The Morgan fingerprint density at radius 3 is 2.67 bits per heavy atom. The number of nitrogens with zero attached hydrogens (tertiary/aromatic N) is 3. The minimum absolute atomic E-state index is 0.0566. The normalized spacial score (nSPS) is 21.6. The number of likely N-dealkylation sites (tertiary alicyclic amines) is 1. The lowest BCUT2D eigenvalue weighted by Gasteiger charge is -2.30. The molecule has 4 rings (SSSR count). The molecule has 0 aliphatic carbocycles. The predicted molar refractivity (Wildman–Crippen MR) is 95.2 cm³/mol. The Morgan fingerprint density at radius 1 is 1.17 bits per heavy atom. The van der Waals surface area contributed by atoms with Crippen LogP contribution in [0.4, 0.5) is 5.13 Å². The monoisotopic (exact) mass is 365 g/mol. The summed E-state index contributed by atoms with van der Waals surface area (Å²) in [5.41, 5.74) is 0. The number of carbonyl (C=O) groups is 2. The van der Waals surface area contributed by atoms with Gasteiger partial charge in [-0.3, -0.25) is 9.59 Å². The number of rotatable bonds is 3. The van der Waals surface area contributed by atoms with E-state index in [-0.39, 0.29) is 5.91 Å². The molecule has 0 spiro atoms. The third-order valence-electron chi connectivity index (χ3n) is 4.72. The number of anilines is 1. The second-order valence-corrected chi connectivity index (χ2v) is 8.44. The van der Waals surface area contributed by atoms with Gasteiger partial charge in [-0.25, -0.2) is 4.98 Å². The number of hydrogen-bond acceptors (Lipinski definition) is 6. The van der Waals surface area contributed by atoms with Crippen molar-refractivity contribution in [2.24, 2.45) is 5.92 Å². The fraction of sp³-hybridized carbons (Fsp3) is 0.562. The number of thiophene rings is 1. The van der Waals surface area contributed by atoms with Crippen molar-refractivity contribution < 1.29 is 14.7 Å². The van der Waals surface area contributed by atoms with Crippen LogP contribution in [0.1, 0.15) is 35.4 Å². The largest absolute Gasteiger partial charge is 0.481 e. The number of carbonyl (C=O) groups excluding carboxylic acids is 1. The number of carboxylic acids is 1. The van der Waals surface area contributed by atoms with Crippen LogP contribution in [-0.4, -0.2) is 53.0 Å². The second kappa shape index (κ2) is 6.33. The van der Waals surface area contributed by atoms with Crippen LogP contribution in [0.2, 0.25) is 0 Å². The number of amides is 1. The van der Waals surface area contributed by atoms with Gasteiger partial charge in [0.1, 0.15) is 4.83 Å². The molecule has 4 heterocycles. The molecule has 2 aliphatic heterocycles. The Bertz CT molecular complexity index is 747. The molecule has 2 fully saturated rings. The average Bonchev–Trinajstić information content (AvgIpc) is 3.29. The molecule has 0 saturated carbocycles. The summed E-state index contributed by atoms with van der Waals surface area (Å²) < 4.78 is 1.05. The lowest BCUT2D eigenvalue weighted by molar-refractivity contribution is -0.143. The fourth-order valence-electron chi connectivity index (χ4n) is 3.39. The van der Waals surface area contributed by atoms with Crippen LogP contribution in [0.15, 0.2) is 6.07 Å². The third-order valence-corrected chi connectivity index (χ3v) is 6.93. The zero-order chi connectivity index (χ0) is 16.7. The molecule has 1 N–H and O–H groups in total. The summed E-state index contributed by atoms with van der Waals surface area (Å²) in [5, 5.41) is 10.2. The number of aromatic nitrogens is 1. The summed E-state index contributed by atoms with van der Waals surface area (Å²) in [6.07, 6.45) is 3.84. The van der Waals surface area contributed by atoms with Gasteiger partial charge in [-0.15, -0.1) is 11.3 Å². The van der Waals surface area contributed by atoms with Crippen LogP contribution in [0, 0.1) is 5.92 Å². The smallest absolute Gasteiger partial charge is 0.308 e. The van der Waals surface area contributed by atoms with E-state index in [9.17, 15) is 14.7 Å². The van der Waals surface area contributed by atoms with Gasteiger partial charge >= 0.3 is 5.97 Å². The minimum atomic E-state index is -0.809. The summed E-state index contributed by atoms with van der Waals surface area (Å²) >= 11 is 3.07. The van der Waals surface area contributed by atoms with Gasteiger partial charge in [-0.1, -0.05) is 11.3 Å². The highest BCUT2D eigenvalue weighted by atomic mass is 32.1. The van der Waals surface area contributed by atoms with Gasteiger partial charge in [0.25, 0.3) is 5.91 Å². The highest BCUT2D eigenvalue weighted by molar-refractivity contribution is 7.29. The maximum Gasteiger partial charge on any atom is 0.308 e. The number of carboxylic acid groups (broad SMARTS) is 1. The van der Waals surface area contributed by atoms with Crippen LogP contribution < -0.4 is 4.90 Å². The standard InChI is InChI=1S/C16H19N3O3S2/c20-14(19-7-3-4-10(9-19)15(21)22)12-8-11-13(23-12)17-16(24-11)18-5-1-2-6-18/h8,10H,1-7,9H2,(H,21,22). The number of piperidine rings is 1. The quantitative estimate of drug-likeness (QED) is 0.905. The Kier molecular flexibility index (Phi) is 4.17. The SMILES string of the molecule is O=C(O)C1CCCN(C(=O)c2cc3sc(N4CCCC4)nc3s2)C1. The minimum Gasteiger partial charge on any atom is -0.481 e. The van der Waals surface area contributed by atoms with Crippen LogP contribution in [-0.2, 0) is 4.79 Å². The van der Waals surface area contributed by atoms with Gasteiger partial charge in [0.15, 0.2) is 5.13 Å². The molecule has 2 aromatic heterocycles. The van der Waals surface area contributed by atoms with Crippen LogP contribution in [0.5, 0.6) is 0 Å². The van der Waals surface area contributed by atoms with Gasteiger partial charge < -0.3 is 14.9 Å². The molecule has 2 aromatic rings. The molecule has 1 amide bonds. The first-order valence-corrected chi connectivity index (χ1v) is 9.92. The molecule has 2 saturated heterocycles. The van der Waals surface area contributed by atoms with E-state index in [4.69, 9.17) is 0 Å². The zero-order valence-electron chi connectivity index (χ0n) is 13.2. The fourth-order valence-corrected chi connectivity index (χ4v) is 5.62. The molecule has 8 heteroatoms. The molecule has 2 aliphatic rings. The Labute approximate surface area is 147 Å². The maximum atomic E-state index is 12.7. The molecule has 24 heavy (non-hydrogen) atoms. The van der Waals surface area contributed by atoms with Crippen molar-refractivity contribution in [3.05, 3.63) is 10.9 Å². The number of thiazole rings is 1. The van der Waals surface area contributed by atoms with E-state index in [0.717, 1.165) is 34.2 Å². The van der Waals surface area contributed by atoms with Crippen molar-refractivity contribution in [3.8, 4) is 0 Å². The Hall–Kier alpha value is -1.67. The topological polar surface area (TPSA) is 73.7 Å². The summed E-state index contributed by atoms with van der Waals surface area (Å²) in [4.78, 5) is 34.1. The second-order valence-electron chi connectivity index (χ2n) is 6.40. The van der Waals surface area contributed by atoms with Crippen molar-refractivity contribution in [2.45, 2.75) is 25.7 Å². The maximum absolute atomic E-state index is 12.7. The molecule has 0 bridgehead atoms. The molecule has 6 nitrogen and oxygen atoms in total. The van der Waals surface area contributed by atoms with Crippen molar-refractivity contribution >= 4 is 49.2 Å². The van der Waals surface area contributed by atoms with E-state index in [1.165, 1.54) is 24.2 Å². The molecule has 0 radical (unpaired) electrons. The molecule has 1 atom stereocenters. The van der Waals surface area contributed by atoms with Crippen LogP contribution >= 0.6 is 22.7 Å². The molecule has 1 unspecified atom stereocenters. The average molecular weight is 365 g/mol. The Morgan fingerprint density at radius 2 is 1.96 bits per heavy atom. The van der Waals surface area contributed by atoms with Crippen molar-refractivity contribution in [1.29, 1.82) is 0 Å². The van der Waals surface area contributed by atoms with Crippen molar-refractivity contribution in [2.75, 3.05) is 31.1 Å². The summed E-state index contributed by atoms with van der Waals surface area (Å²) in [7, 11) is 0. The van der Waals surface area contributed by atoms with Gasteiger partial charge in [-0.05, 0) is 31.7 Å². The van der Waals surface area contributed by atoms with E-state index in [1.807, 2.05) is 6.07 Å². The van der Waals surface area contributed by atoms with E-state index >= 15 is 0 Å². The highest BCUT2D eigenvalue weighted by Crippen LogP contribution is 2.36. The lowest BCUT2D eigenvalue weighted by atomic mass is 9.98. The molecule has 0 aromatic carbocycles. The number of fused-ring (bicyclic) bond motifs is 1. The molecular weight excluding hydrogens is 346 g/mol. The molecule has 128 valence electrons. The third kappa shape index (κ3) is 2.88. The van der Waals surface area contributed by atoms with Crippen molar-refractivity contribution in [1.82, 2.24) is 9.88 Å². The number of aliphatic carboxylic acids is 1. The summed E-state index contributed by atoms with van der Waals surface area (Å²) in [6.45, 7) is 3.08. The van der Waals surface area contributed by atoms with Gasteiger partial charge in [0, 0.05) is 26.2 Å². The lowest BCUT2D eigenvalue weighted by Crippen LogP contribution is -2.42. The summed E-state index contributed by atoms with van der Waals surface area (Å²) in [5.74, 6) is -1.31. The zero-order valence-corrected chi connectivity index (χ0v) is 14.9. The van der Waals surface area contributed by atoms with Crippen molar-refractivity contribution in [3.63, 3.8) is 0 Å². The van der Waals surface area contributed by atoms with E-state index in [0.29, 0.717) is 24.4 Å². The Balaban J connectivity index is 1.52. The first kappa shape index (κ1) is 15.8. The first-order valence-electron chi connectivity index (χ1n) is 8.29. The number of hydrogen-bond donors (Lipinski definition) is 1. The van der Waals surface area contributed by atoms with E-state index in [1.54, 1.807) is 16.2 Å². The van der Waals surface area contributed by atoms with E-state index in [2.05, 4.69) is 9.88 Å². The van der Waals surface area contributed by atoms with Gasteiger partial charge in [0.2, 0.25) is 0 Å². The van der Waals surface area contributed by atoms with Gasteiger partial charge in [-0.2, -0.15) is 0 Å². The predicted octanol–water partition coefficient (Wildman–Crippen LogP) is 2.89. The first-order chi connectivity index (χ1) is 11.6. The van der Waals surface area contributed by atoms with E-state index < -0.39 is 11.9 Å². The van der Waals surface area contributed by atoms with Crippen LogP contribution in [0.25, 0.3) is 9.53 Å². The molecular formula is C16H19N3O3S2. The van der Waals surface area contributed by atoms with Crippen LogP contribution in [0.3, 0.4) is 0 Å².